The number of ketones is 1. The third-order valence-electron chi connectivity index (χ3n) is 4.49. The van der Waals surface area contributed by atoms with Gasteiger partial charge in [-0.25, -0.2) is 4.79 Å². The van der Waals surface area contributed by atoms with Gasteiger partial charge in [-0.15, -0.1) is 0 Å². The molecule has 158 valence electrons. The maximum atomic E-state index is 12.8. The molecule has 0 heterocycles. The molecule has 0 aliphatic heterocycles. The van der Waals surface area contributed by atoms with Gasteiger partial charge < -0.3 is 18.9 Å². The zero-order chi connectivity index (χ0) is 22.2. The van der Waals surface area contributed by atoms with E-state index in [2.05, 4.69) is 0 Å². The minimum Gasteiger partial charge on any atom is -0.493 e. The molecule has 0 fully saturated rings. The molecule has 0 aromatic heterocycles. The lowest BCUT2D eigenvalue weighted by atomic mass is 10.1. The smallest absolute Gasteiger partial charge is 0.343 e. The van der Waals surface area contributed by atoms with E-state index in [-0.39, 0.29) is 11.3 Å². The highest BCUT2D eigenvalue weighted by molar-refractivity contribution is 6.07. The van der Waals surface area contributed by atoms with E-state index in [1.807, 2.05) is 6.07 Å². The molecule has 0 unspecified atom stereocenters. The van der Waals surface area contributed by atoms with E-state index in [1.165, 1.54) is 39.5 Å². The number of benzene rings is 3. The van der Waals surface area contributed by atoms with Gasteiger partial charge in [0, 0.05) is 11.1 Å². The Balaban J connectivity index is 1.85. The average Bonchev–Trinajstić information content (AvgIpc) is 2.82. The molecular formula is C25H22O6. The van der Waals surface area contributed by atoms with Crippen molar-refractivity contribution in [3.63, 3.8) is 0 Å². The normalized spacial score (nSPS) is 10.5. The quantitative estimate of drug-likeness (QED) is 0.226. The fourth-order valence-electron chi connectivity index (χ4n) is 2.93. The second-order valence-corrected chi connectivity index (χ2v) is 6.40. The minimum absolute atomic E-state index is 0.147. The van der Waals surface area contributed by atoms with Crippen LogP contribution >= 0.6 is 0 Å². The van der Waals surface area contributed by atoms with E-state index in [1.54, 1.807) is 54.6 Å². The van der Waals surface area contributed by atoms with Crippen molar-refractivity contribution >= 4 is 17.8 Å². The second-order valence-electron chi connectivity index (χ2n) is 6.40. The van der Waals surface area contributed by atoms with Crippen LogP contribution in [-0.4, -0.2) is 33.1 Å². The van der Waals surface area contributed by atoms with Crippen LogP contribution in [0.15, 0.2) is 72.8 Å². The Hall–Kier alpha value is -4.06. The number of carbonyl (C=O) groups is 2. The van der Waals surface area contributed by atoms with E-state index in [0.29, 0.717) is 34.1 Å². The molecule has 0 aliphatic carbocycles. The molecule has 0 atom stereocenters. The predicted molar refractivity (Wildman–Crippen MR) is 117 cm³/mol. The summed E-state index contributed by atoms with van der Waals surface area (Å²) in [4.78, 5) is 25.1. The number of hydrogen-bond acceptors (Lipinski definition) is 6. The van der Waals surface area contributed by atoms with E-state index in [4.69, 9.17) is 18.9 Å². The molecule has 0 saturated carbocycles. The molecule has 0 N–H and O–H groups in total. The maximum Gasteiger partial charge on any atom is 0.343 e. The summed E-state index contributed by atoms with van der Waals surface area (Å²) in [5.74, 6) is 0.634. The maximum absolute atomic E-state index is 12.8. The number of allylic oxidation sites excluding steroid dienone is 1. The topological polar surface area (TPSA) is 71.1 Å². The van der Waals surface area contributed by atoms with Gasteiger partial charge in [0.25, 0.3) is 0 Å². The molecule has 0 saturated heterocycles. The minimum atomic E-state index is -0.602. The first-order valence-corrected chi connectivity index (χ1v) is 9.46. The first-order valence-electron chi connectivity index (χ1n) is 9.46. The molecule has 6 nitrogen and oxygen atoms in total. The first-order chi connectivity index (χ1) is 15.1. The van der Waals surface area contributed by atoms with Crippen LogP contribution in [0.1, 0.15) is 26.3 Å². The van der Waals surface area contributed by atoms with Gasteiger partial charge in [0.1, 0.15) is 5.75 Å². The van der Waals surface area contributed by atoms with E-state index < -0.39 is 5.97 Å². The van der Waals surface area contributed by atoms with Gasteiger partial charge in [-0.2, -0.15) is 0 Å². The number of methoxy groups -OCH3 is 3. The molecule has 3 rings (SSSR count). The Morgan fingerprint density at radius 2 is 1.32 bits per heavy atom. The molecule has 0 spiro atoms. The van der Waals surface area contributed by atoms with Crippen molar-refractivity contribution in [2.45, 2.75) is 0 Å². The molecule has 0 bridgehead atoms. The SMILES string of the molecule is COc1cc(C(=O)Oc2ccccc2/C=C/C(=O)c2ccccc2)cc(OC)c1OC. The van der Waals surface area contributed by atoms with Gasteiger partial charge in [0.05, 0.1) is 26.9 Å². The van der Waals surface area contributed by atoms with Crippen molar-refractivity contribution in [3.05, 3.63) is 89.5 Å². The largest absolute Gasteiger partial charge is 0.493 e. The van der Waals surface area contributed by atoms with Crippen LogP contribution in [0.25, 0.3) is 6.08 Å². The van der Waals surface area contributed by atoms with Gasteiger partial charge in [0.2, 0.25) is 5.75 Å². The Morgan fingerprint density at radius 1 is 0.710 bits per heavy atom. The fraction of sp³-hybridized carbons (Fsp3) is 0.120. The van der Waals surface area contributed by atoms with Gasteiger partial charge in [-0.05, 0) is 30.4 Å². The van der Waals surface area contributed by atoms with Crippen LogP contribution in [0.2, 0.25) is 0 Å². The highest BCUT2D eigenvalue weighted by Crippen LogP contribution is 2.38. The summed E-state index contributed by atoms with van der Waals surface area (Å²) in [5, 5.41) is 0. The molecule has 31 heavy (non-hydrogen) atoms. The van der Waals surface area contributed by atoms with Gasteiger partial charge in [-0.1, -0.05) is 48.5 Å². The molecule has 6 heteroatoms. The van der Waals surface area contributed by atoms with E-state index in [0.717, 1.165) is 0 Å². The third kappa shape index (κ3) is 5.11. The number of esters is 1. The highest BCUT2D eigenvalue weighted by atomic mass is 16.5. The van der Waals surface area contributed by atoms with Crippen molar-refractivity contribution < 1.29 is 28.5 Å². The lowest BCUT2D eigenvalue weighted by molar-refractivity contribution is 0.0733. The molecule has 3 aromatic rings. The summed E-state index contributed by atoms with van der Waals surface area (Å²) < 4.78 is 21.4. The standard InChI is InChI=1S/C25H22O6/c1-28-22-15-19(16-23(29-2)24(22)30-3)25(27)31-21-12-8-7-11-18(21)13-14-20(26)17-9-5-4-6-10-17/h4-16H,1-3H3/b14-13+. The summed E-state index contributed by atoms with van der Waals surface area (Å²) in [6, 6.07) is 18.9. The van der Waals surface area contributed by atoms with E-state index in [9.17, 15) is 9.59 Å². The zero-order valence-electron chi connectivity index (χ0n) is 17.5. The number of para-hydroxylation sites is 1. The van der Waals surface area contributed by atoms with Crippen molar-refractivity contribution in [1.82, 2.24) is 0 Å². The van der Waals surface area contributed by atoms with Crippen LogP contribution in [0, 0.1) is 0 Å². The Kier molecular flexibility index (Phi) is 7.06. The number of carbonyl (C=O) groups excluding carboxylic acids is 2. The van der Waals surface area contributed by atoms with Gasteiger partial charge in [-0.3, -0.25) is 4.79 Å². The lowest BCUT2D eigenvalue weighted by Crippen LogP contribution is -2.10. The monoisotopic (exact) mass is 418 g/mol. The Bertz CT molecular complexity index is 1080. The highest BCUT2D eigenvalue weighted by Gasteiger charge is 2.19. The summed E-state index contributed by atoms with van der Waals surface area (Å²) in [6.07, 6.45) is 3.06. The number of ether oxygens (including phenoxy) is 4. The van der Waals surface area contributed by atoms with Crippen LogP contribution < -0.4 is 18.9 Å². The third-order valence-corrected chi connectivity index (χ3v) is 4.49. The van der Waals surface area contributed by atoms with Crippen molar-refractivity contribution in [2.24, 2.45) is 0 Å². The van der Waals surface area contributed by atoms with Gasteiger partial charge >= 0.3 is 5.97 Å². The lowest BCUT2D eigenvalue weighted by Gasteiger charge is -2.14. The van der Waals surface area contributed by atoms with Crippen molar-refractivity contribution in [3.8, 4) is 23.0 Å². The Morgan fingerprint density at radius 3 is 1.94 bits per heavy atom. The molecule has 0 amide bonds. The second kappa shape index (κ2) is 10.1. The van der Waals surface area contributed by atoms with Crippen LogP contribution in [0.5, 0.6) is 23.0 Å². The Labute approximate surface area is 180 Å². The molecule has 3 aromatic carbocycles. The number of rotatable bonds is 8. The molecular weight excluding hydrogens is 396 g/mol. The van der Waals surface area contributed by atoms with Gasteiger partial charge in [0.15, 0.2) is 17.3 Å². The fourth-order valence-corrected chi connectivity index (χ4v) is 2.93. The van der Waals surface area contributed by atoms with Crippen molar-refractivity contribution in [1.29, 1.82) is 0 Å². The molecule has 0 aliphatic rings. The molecule has 0 radical (unpaired) electrons. The summed E-state index contributed by atoms with van der Waals surface area (Å²) in [6.45, 7) is 0. The summed E-state index contributed by atoms with van der Waals surface area (Å²) in [5.41, 5.74) is 1.40. The predicted octanol–water partition coefficient (Wildman–Crippen LogP) is 4.83. The summed E-state index contributed by atoms with van der Waals surface area (Å²) in [7, 11) is 4.42. The first kappa shape index (κ1) is 21.6. The van der Waals surface area contributed by atoms with Crippen LogP contribution in [-0.2, 0) is 0 Å². The summed E-state index contributed by atoms with van der Waals surface area (Å²) >= 11 is 0. The average molecular weight is 418 g/mol. The van der Waals surface area contributed by atoms with Crippen molar-refractivity contribution in [2.75, 3.05) is 21.3 Å². The zero-order valence-corrected chi connectivity index (χ0v) is 17.5. The van der Waals surface area contributed by atoms with E-state index >= 15 is 0 Å². The van der Waals surface area contributed by atoms with Crippen LogP contribution in [0.3, 0.4) is 0 Å². The number of hydrogen-bond donors (Lipinski definition) is 0. The van der Waals surface area contributed by atoms with Crippen LogP contribution in [0.4, 0.5) is 0 Å².